The van der Waals surface area contributed by atoms with Gasteiger partial charge in [-0.05, 0) is 72.2 Å². The summed E-state index contributed by atoms with van der Waals surface area (Å²) in [4.78, 5) is 0. The van der Waals surface area contributed by atoms with E-state index in [-0.39, 0.29) is 0 Å². The molecule has 2 aliphatic rings. The lowest BCUT2D eigenvalue weighted by Gasteiger charge is -2.19. The molecule has 104 valence electrons. The summed E-state index contributed by atoms with van der Waals surface area (Å²) < 4.78 is 12.4. The second-order valence-electron chi connectivity index (χ2n) is 5.55. The molecule has 19 heavy (non-hydrogen) atoms. The van der Waals surface area contributed by atoms with Crippen molar-refractivity contribution in [2.75, 3.05) is 7.11 Å². The van der Waals surface area contributed by atoms with Gasteiger partial charge in [0.15, 0.2) is 11.5 Å². The Bertz CT molecular complexity index is 477. The highest BCUT2D eigenvalue weighted by molar-refractivity contribution is 9.10. The minimum absolute atomic E-state index is 0.292. The van der Waals surface area contributed by atoms with E-state index in [9.17, 15) is 5.11 Å². The van der Waals surface area contributed by atoms with Crippen molar-refractivity contribution < 1.29 is 14.6 Å². The molecule has 3 nitrogen and oxygen atoms in total. The van der Waals surface area contributed by atoms with E-state index < -0.39 is 5.60 Å². The number of rotatable bonds is 4. The summed E-state index contributed by atoms with van der Waals surface area (Å²) in [6, 6.07) is 3.86. The van der Waals surface area contributed by atoms with Crippen molar-refractivity contribution in [3.05, 3.63) is 22.2 Å². The van der Waals surface area contributed by atoms with Crippen molar-refractivity contribution in [2.45, 2.75) is 50.2 Å². The van der Waals surface area contributed by atoms with Crippen LogP contribution in [0.4, 0.5) is 0 Å². The Balaban J connectivity index is 1.89. The Kier molecular flexibility index (Phi) is 3.48. The van der Waals surface area contributed by atoms with Gasteiger partial charge in [-0.2, -0.15) is 0 Å². The van der Waals surface area contributed by atoms with Crippen molar-refractivity contribution in [1.29, 1.82) is 0 Å². The summed E-state index contributed by atoms with van der Waals surface area (Å²) in [6.45, 7) is 0. The van der Waals surface area contributed by atoms with Gasteiger partial charge in [0.2, 0.25) is 0 Å². The van der Waals surface area contributed by atoms with E-state index in [4.69, 9.17) is 9.47 Å². The van der Waals surface area contributed by atoms with Crippen LogP contribution in [0.3, 0.4) is 0 Å². The predicted molar refractivity (Wildman–Crippen MR) is 76.7 cm³/mol. The lowest BCUT2D eigenvalue weighted by Crippen LogP contribution is -2.13. The van der Waals surface area contributed by atoms with E-state index in [1.165, 1.54) is 12.8 Å². The van der Waals surface area contributed by atoms with Crippen molar-refractivity contribution in [2.24, 2.45) is 0 Å². The molecule has 0 radical (unpaired) electrons. The number of ether oxygens (including phenoxy) is 2. The third-order valence-corrected chi connectivity index (χ3v) is 4.67. The van der Waals surface area contributed by atoms with Gasteiger partial charge in [-0.3, -0.25) is 0 Å². The molecule has 2 aliphatic carbocycles. The number of halogens is 1. The summed E-state index contributed by atoms with van der Waals surface area (Å²) in [6.07, 6.45) is 6.64. The van der Waals surface area contributed by atoms with Crippen LogP contribution in [-0.2, 0) is 5.60 Å². The van der Waals surface area contributed by atoms with Gasteiger partial charge in [0.1, 0.15) is 0 Å². The van der Waals surface area contributed by atoms with Gasteiger partial charge in [0.05, 0.1) is 23.3 Å². The fourth-order valence-corrected chi connectivity index (χ4v) is 3.22. The zero-order valence-electron chi connectivity index (χ0n) is 11.1. The minimum Gasteiger partial charge on any atom is -0.493 e. The molecule has 0 unspecified atom stereocenters. The van der Waals surface area contributed by atoms with Gasteiger partial charge in [-0.15, -0.1) is 0 Å². The SMILES string of the molecule is COc1cc(C2(O)CC2)cc(Br)c1OC1CCCC1. The average molecular weight is 327 g/mol. The van der Waals surface area contributed by atoms with E-state index in [0.29, 0.717) is 11.9 Å². The maximum absolute atomic E-state index is 10.2. The molecule has 0 aromatic heterocycles. The molecule has 0 aliphatic heterocycles. The van der Waals surface area contributed by atoms with Gasteiger partial charge < -0.3 is 14.6 Å². The minimum atomic E-state index is -0.651. The van der Waals surface area contributed by atoms with E-state index in [2.05, 4.69) is 15.9 Å². The first-order chi connectivity index (χ1) is 9.12. The highest BCUT2D eigenvalue weighted by Crippen LogP contribution is 2.49. The van der Waals surface area contributed by atoms with Crippen LogP contribution in [-0.4, -0.2) is 18.3 Å². The molecule has 0 amide bonds. The molecule has 4 heteroatoms. The molecule has 1 aromatic rings. The summed E-state index contributed by atoms with van der Waals surface area (Å²) in [5.74, 6) is 1.47. The quantitative estimate of drug-likeness (QED) is 0.915. The summed E-state index contributed by atoms with van der Waals surface area (Å²) in [5.41, 5.74) is 0.261. The average Bonchev–Trinajstić information content (AvgIpc) is 2.95. The third kappa shape index (κ3) is 2.61. The first-order valence-electron chi connectivity index (χ1n) is 6.89. The predicted octanol–water partition coefficient (Wildman–Crippen LogP) is 3.76. The van der Waals surface area contributed by atoms with Gasteiger partial charge >= 0.3 is 0 Å². The van der Waals surface area contributed by atoms with Crippen LogP contribution in [0, 0.1) is 0 Å². The second-order valence-corrected chi connectivity index (χ2v) is 6.40. The van der Waals surface area contributed by atoms with E-state index in [0.717, 1.165) is 41.5 Å². The zero-order valence-corrected chi connectivity index (χ0v) is 12.7. The number of hydrogen-bond donors (Lipinski definition) is 1. The highest BCUT2D eigenvalue weighted by Gasteiger charge is 2.43. The summed E-state index contributed by atoms with van der Waals surface area (Å²) >= 11 is 3.55. The maximum atomic E-state index is 10.2. The monoisotopic (exact) mass is 326 g/mol. The Morgan fingerprint density at radius 1 is 1.26 bits per heavy atom. The van der Waals surface area contributed by atoms with E-state index in [1.54, 1.807) is 7.11 Å². The normalized spacial score (nSPS) is 21.4. The Morgan fingerprint density at radius 2 is 1.95 bits per heavy atom. The van der Waals surface area contributed by atoms with Gasteiger partial charge in [-0.25, -0.2) is 0 Å². The molecule has 2 saturated carbocycles. The van der Waals surface area contributed by atoms with E-state index in [1.807, 2.05) is 12.1 Å². The van der Waals surface area contributed by atoms with Gasteiger partial charge in [0.25, 0.3) is 0 Å². The Hall–Kier alpha value is -0.740. The van der Waals surface area contributed by atoms with Gasteiger partial charge in [0, 0.05) is 0 Å². The Morgan fingerprint density at radius 3 is 2.53 bits per heavy atom. The molecular formula is C15H19BrO3. The highest BCUT2D eigenvalue weighted by atomic mass is 79.9. The molecule has 0 heterocycles. The molecule has 0 atom stereocenters. The van der Waals surface area contributed by atoms with Crippen molar-refractivity contribution >= 4 is 15.9 Å². The maximum Gasteiger partial charge on any atom is 0.175 e. The second kappa shape index (κ2) is 4.98. The number of benzene rings is 1. The van der Waals surface area contributed by atoms with Crippen LogP contribution in [0.15, 0.2) is 16.6 Å². The summed E-state index contributed by atoms with van der Waals surface area (Å²) in [7, 11) is 1.64. The smallest absolute Gasteiger partial charge is 0.175 e. The van der Waals surface area contributed by atoms with Crippen LogP contribution in [0.5, 0.6) is 11.5 Å². The number of aliphatic hydroxyl groups is 1. The molecule has 1 N–H and O–H groups in total. The Labute approximate surface area is 122 Å². The molecule has 0 saturated heterocycles. The fraction of sp³-hybridized carbons (Fsp3) is 0.600. The lowest BCUT2D eigenvalue weighted by atomic mass is 10.1. The lowest BCUT2D eigenvalue weighted by molar-refractivity contribution is 0.150. The first-order valence-corrected chi connectivity index (χ1v) is 7.69. The standard InChI is InChI=1S/C15H19BrO3/c1-18-13-9-10(15(17)6-7-15)8-12(16)14(13)19-11-4-2-3-5-11/h8-9,11,17H,2-7H2,1H3. The first kappa shape index (κ1) is 13.3. The number of methoxy groups -OCH3 is 1. The van der Waals surface area contributed by atoms with Crippen LogP contribution < -0.4 is 9.47 Å². The summed E-state index contributed by atoms with van der Waals surface area (Å²) in [5, 5.41) is 10.2. The van der Waals surface area contributed by atoms with E-state index >= 15 is 0 Å². The molecule has 0 spiro atoms. The van der Waals surface area contributed by atoms with Crippen molar-refractivity contribution in [3.63, 3.8) is 0 Å². The van der Waals surface area contributed by atoms with Crippen LogP contribution >= 0.6 is 15.9 Å². The van der Waals surface area contributed by atoms with Crippen molar-refractivity contribution in [1.82, 2.24) is 0 Å². The fourth-order valence-electron chi connectivity index (χ4n) is 2.68. The van der Waals surface area contributed by atoms with Crippen LogP contribution in [0.1, 0.15) is 44.1 Å². The molecule has 0 bridgehead atoms. The topological polar surface area (TPSA) is 38.7 Å². The third-order valence-electron chi connectivity index (χ3n) is 4.08. The molecule has 3 rings (SSSR count). The number of hydrogen-bond acceptors (Lipinski definition) is 3. The van der Waals surface area contributed by atoms with Crippen LogP contribution in [0.25, 0.3) is 0 Å². The van der Waals surface area contributed by atoms with Crippen molar-refractivity contribution in [3.8, 4) is 11.5 Å². The van der Waals surface area contributed by atoms with Gasteiger partial charge in [-0.1, -0.05) is 0 Å². The van der Waals surface area contributed by atoms with Crippen LogP contribution in [0.2, 0.25) is 0 Å². The zero-order chi connectivity index (χ0) is 13.5. The molecular weight excluding hydrogens is 308 g/mol. The molecule has 2 fully saturated rings. The molecule has 1 aromatic carbocycles. The largest absolute Gasteiger partial charge is 0.493 e.